The molecule has 0 atom stereocenters. The first kappa shape index (κ1) is 20.1. The number of benzene rings is 2. The van der Waals surface area contributed by atoms with E-state index in [4.69, 9.17) is 9.84 Å². The molecule has 0 aliphatic carbocycles. The van der Waals surface area contributed by atoms with Crippen molar-refractivity contribution >= 4 is 27.8 Å². The Hall–Kier alpha value is -2.19. The number of phenols is 1. The first-order chi connectivity index (χ1) is 14.1. The number of nitrogens with zero attached hydrogens (tertiary/aromatic N) is 2. The molecule has 2 aliphatic heterocycles. The van der Waals surface area contributed by atoms with Crippen molar-refractivity contribution in [3.63, 3.8) is 0 Å². The zero-order chi connectivity index (χ0) is 20.4. The van der Waals surface area contributed by atoms with E-state index in [0.717, 1.165) is 36.2 Å². The summed E-state index contributed by atoms with van der Waals surface area (Å²) in [6, 6.07) is 10.8. The summed E-state index contributed by atoms with van der Waals surface area (Å²) >= 11 is 3.49. The number of halogens is 1. The van der Waals surface area contributed by atoms with Gasteiger partial charge in [0.1, 0.15) is 11.5 Å². The molecule has 6 nitrogen and oxygen atoms in total. The van der Waals surface area contributed by atoms with Crippen LogP contribution in [0, 0.1) is 0 Å². The van der Waals surface area contributed by atoms with Gasteiger partial charge in [0.25, 0.3) is 0 Å². The Kier molecular flexibility index (Phi) is 6.01. The number of Topliss-reactive ketones (excluding diaryl/α,β-unsaturated/α-hetero) is 1. The summed E-state index contributed by atoms with van der Waals surface area (Å²) in [4.78, 5) is 17.3. The SMILES string of the molecule is O=C1/C(=C/c2ccccc2Br)Oc2c1ccc(O)c2CN1CCN(CCO)CC1. The molecule has 2 N–H and O–H groups in total. The van der Waals surface area contributed by atoms with Crippen LogP contribution in [0.3, 0.4) is 0 Å². The number of carbonyl (C=O) groups is 1. The molecule has 2 heterocycles. The Bertz CT molecular complexity index is 952. The van der Waals surface area contributed by atoms with Gasteiger partial charge in [-0.2, -0.15) is 0 Å². The minimum Gasteiger partial charge on any atom is -0.507 e. The molecule has 2 aliphatic rings. The molecule has 0 aromatic heterocycles. The second kappa shape index (κ2) is 8.67. The zero-order valence-electron chi connectivity index (χ0n) is 16.0. The number of hydrogen-bond acceptors (Lipinski definition) is 6. The molecule has 0 amide bonds. The first-order valence-electron chi connectivity index (χ1n) is 9.66. The number of fused-ring (bicyclic) bond motifs is 1. The topological polar surface area (TPSA) is 73.2 Å². The van der Waals surface area contributed by atoms with Crippen molar-refractivity contribution < 1.29 is 19.7 Å². The van der Waals surface area contributed by atoms with E-state index in [9.17, 15) is 9.90 Å². The summed E-state index contributed by atoms with van der Waals surface area (Å²) in [5.74, 6) is 0.666. The Balaban J connectivity index is 1.56. The molecule has 29 heavy (non-hydrogen) atoms. The predicted octanol–water partition coefficient (Wildman–Crippen LogP) is 2.88. The monoisotopic (exact) mass is 458 g/mol. The number of aromatic hydroxyl groups is 1. The Morgan fingerprint density at radius 2 is 1.79 bits per heavy atom. The van der Waals surface area contributed by atoms with Gasteiger partial charge in [0.15, 0.2) is 5.76 Å². The number of ether oxygens (including phenoxy) is 1. The van der Waals surface area contributed by atoms with Gasteiger partial charge in [0, 0.05) is 43.7 Å². The van der Waals surface area contributed by atoms with E-state index >= 15 is 0 Å². The number of aliphatic hydroxyl groups is 1. The molecule has 4 rings (SSSR count). The summed E-state index contributed by atoms with van der Waals surface area (Å²) < 4.78 is 6.83. The van der Waals surface area contributed by atoms with Gasteiger partial charge in [-0.25, -0.2) is 0 Å². The van der Waals surface area contributed by atoms with Crippen LogP contribution in [0.4, 0.5) is 0 Å². The molecule has 0 unspecified atom stereocenters. The highest BCUT2D eigenvalue weighted by Gasteiger charge is 2.32. The lowest BCUT2D eigenvalue weighted by atomic mass is 10.0. The average molecular weight is 459 g/mol. The van der Waals surface area contributed by atoms with Gasteiger partial charge in [0.05, 0.1) is 17.7 Å². The molecule has 7 heteroatoms. The minimum absolute atomic E-state index is 0.136. The Labute approximate surface area is 178 Å². The predicted molar refractivity (Wildman–Crippen MR) is 114 cm³/mol. The van der Waals surface area contributed by atoms with E-state index in [2.05, 4.69) is 25.7 Å². The lowest BCUT2D eigenvalue weighted by molar-refractivity contribution is 0.101. The third kappa shape index (κ3) is 4.23. The number of hydrogen-bond donors (Lipinski definition) is 2. The molecular weight excluding hydrogens is 436 g/mol. The van der Waals surface area contributed by atoms with Crippen molar-refractivity contribution in [2.45, 2.75) is 6.54 Å². The van der Waals surface area contributed by atoms with Gasteiger partial charge in [-0.3, -0.25) is 14.6 Å². The molecule has 1 saturated heterocycles. The quantitative estimate of drug-likeness (QED) is 0.671. The van der Waals surface area contributed by atoms with Crippen molar-refractivity contribution in [1.29, 1.82) is 0 Å². The Morgan fingerprint density at radius 1 is 1.07 bits per heavy atom. The molecule has 152 valence electrons. The molecule has 1 fully saturated rings. The summed E-state index contributed by atoms with van der Waals surface area (Å²) in [6.45, 7) is 4.74. The van der Waals surface area contributed by atoms with Crippen LogP contribution in [0.2, 0.25) is 0 Å². The fourth-order valence-corrected chi connectivity index (χ4v) is 4.12. The maximum Gasteiger partial charge on any atom is 0.231 e. The Morgan fingerprint density at radius 3 is 2.52 bits per heavy atom. The second-order valence-corrected chi connectivity index (χ2v) is 8.10. The molecule has 2 aromatic carbocycles. The highest BCUT2D eigenvalue weighted by molar-refractivity contribution is 9.10. The van der Waals surface area contributed by atoms with Gasteiger partial charge in [-0.05, 0) is 29.8 Å². The van der Waals surface area contributed by atoms with Crippen LogP contribution in [0.1, 0.15) is 21.5 Å². The molecule has 0 spiro atoms. The number of ketones is 1. The molecular formula is C22H23BrN2O4. The van der Waals surface area contributed by atoms with E-state index in [1.165, 1.54) is 0 Å². The van der Waals surface area contributed by atoms with Gasteiger partial charge in [-0.15, -0.1) is 0 Å². The molecule has 0 radical (unpaired) electrons. The normalized spacial score (nSPS) is 18.8. The van der Waals surface area contributed by atoms with Gasteiger partial charge in [-0.1, -0.05) is 34.1 Å². The summed E-state index contributed by atoms with van der Waals surface area (Å²) in [5.41, 5.74) is 1.98. The lowest BCUT2D eigenvalue weighted by Gasteiger charge is -2.34. The smallest absolute Gasteiger partial charge is 0.231 e. The van der Waals surface area contributed by atoms with E-state index < -0.39 is 0 Å². The number of β-amino-alcohol motifs (C(OH)–C–C–N with tert-alkyl or cyclic N) is 1. The fourth-order valence-electron chi connectivity index (χ4n) is 3.72. The van der Waals surface area contributed by atoms with E-state index in [1.807, 2.05) is 24.3 Å². The van der Waals surface area contributed by atoms with Crippen molar-refractivity contribution in [3.8, 4) is 11.5 Å². The van der Waals surface area contributed by atoms with Crippen LogP contribution in [0.5, 0.6) is 11.5 Å². The standard InChI is InChI=1S/C22H23BrN2O4/c23-18-4-2-1-3-15(18)13-20-21(28)16-5-6-19(27)17(22(16)29-20)14-25-9-7-24(8-10-25)11-12-26/h1-6,13,26-27H,7-12,14H2/b20-13-. The van der Waals surface area contributed by atoms with Gasteiger partial charge >= 0.3 is 0 Å². The number of piperazine rings is 1. The average Bonchev–Trinajstić information content (AvgIpc) is 3.03. The number of aliphatic hydroxyl groups excluding tert-OH is 1. The van der Waals surface area contributed by atoms with Crippen molar-refractivity contribution in [3.05, 3.63) is 63.3 Å². The summed E-state index contributed by atoms with van der Waals surface area (Å²) in [5, 5.41) is 19.5. The number of allylic oxidation sites excluding steroid dienone is 1. The van der Waals surface area contributed by atoms with Crippen molar-refractivity contribution in [1.82, 2.24) is 9.80 Å². The summed E-state index contributed by atoms with van der Waals surface area (Å²) in [6.07, 6.45) is 1.72. The maximum atomic E-state index is 12.8. The highest BCUT2D eigenvalue weighted by atomic mass is 79.9. The highest BCUT2D eigenvalue weighted by Crippen LogP contribution is 2.40. The third-order valence-electron chi connectivity index (χ3n) is 5.37. The number of rotatable bonds is 5. The van der Waals surface area contributed by atoms with E-state index in [1.54, 1.807) is 18.2 Å². The van der Waals surface area contributed by atoms with E-state index in [0.29, 0.717) is 30.0 Å². The molecule has 0 bridgehead atoms. The summed E-state index contributed by atoms with van der Waals surface area (Å²) in [7, 11) is 0. The molecule has 0 saturated carbocycles. The van der Waals surface area contributed by atoms with Crippen molar-refractivity contribution in [2.24, 2.45) is 0 Å². The maximum absolute atomic E-state index is 12.8. The number of carbonyl (C=O) groups excluding carboxylic acids is 1. The lowest BCUT2D eigenvalue weighted by Crippen LogP contribution is -2.46. The van der Waals surface area contributed by atoms with Crippen LogP contribution < -0.4 is 4.74 Å². The third-order valence-corrected chi connectivity index (χ3v) is 6.09. The molecule has 2 aromatic rings. The second-order valence-electron chi connectivity index (χ2n) is 7.24. The van der Waals surface area contributed by atoms with Crippen molar-refractivity contribution in [2.75, 3.05) is 39.3 Å². The van der Waals surface area contributed by atoms with Crippen LogP contribution in [-0.2, 0) is 6.54 Å². The van der Waals surface area contributed by atoms with Gasteiger partial charge < -0.3 is 14.9 Å². The largest absolute Gasteiger partial charge is 0.507 e. The van der Waals surface area contributed by atoms with Crippen LogP contribution in [-0.4, -0.2) is 65.1 Å². The van der Waals surface area contributed by atoms with Crippen LogP contribution >= 0.6 is 15.9 Å². The van der Waals surface area contributed by atoms with Crippen LogP contribution in [0.25, 0.3) is 6.08 Å². The van der Waals surface area contributed by atoms with Crippen LogP contribution in [0.15, 0.2) is 46.6 Å². The number of phenolic OH excluding ortho intramolecular Hbond substituents is 1. The zero-order valence-corrected chi connectivity index (χ0v) is 17.6. The minimum atomic E-state index is -0.176. The van der Waals surface area contributed by atoms with E-state index in [-0.39, 0.29) is 23.9 Å². The fraction of sp³-hybridized carbons (Fsp3) is 0.318. The van der Waals surface area contributed by atoms with Gasteiger partial charge in [0.2, 0.25) is 5.78 Å². The first-order valence-corrected chi connectivity index (χ1v) is 10.5.